The SMILES string of the molecule is COc1cc(C2CN(C(=O)c3cc(OCCN4CCC(C(=O)O)C4)ccn3)C2)ccc1OCc1ccc(C2CC2)cc1. The Hall–Kier alpha value is -4.11. The highest BCUT2D eigenvalue weighted by Gasteiger charge is 2.33. The molecule has 1 amide bonds. The van der Waals surface area contributed by atoms with Crippen LogP contribution in [0.1, 0.15) is 58.3 Å². The molecule has 0 spiro atoms. The van der Waals surface area contributed by atoms with Crippen molar-refractivity contribution in [2.75, 3.05) is 46.4 Å². The lowest BCUT2D eigenvalue weighted by molar-refractivity contribution is -0.141. The maximum atomic E-state index is 13.1. The molecule has 1 saturated carbocycles. The van der Waals surface area contributed by atoms with Crippen molar-refractivity contribution in [3.63, 3.8) is 0 Å². The summed E-state index contributed by atoms with van der Waals surface area (Å²) in [7, 11) is 1.64. The molecule has 42 heavy (non-hydrogen) atoms. The van der Waals surface area contributed by atoms with Gasteiger partial charge < -0.3 is 24.2 Å². The second-order valence-electron chi connectivity index (χ2n) is 11.5. The van der Waals surface area contributed by atoms with Crippen LogP contribution in [0.25, 0.3) is 0 Å². The number of carboxylic acid groups (broad SMARTS) is 1. The number of carbonyl (C=O) groups is 2. The van der Waals surface area contributed by atoms with Crippen LogP contribution in [0.3, 0.4) is 0 Å². The molecule has 3 aliphatic rings. The summed E-state index contributed by atoms with van der Waals surface area (Å²) in [6.45, 7) is 4.04. The Morgan fingerprint density at radius 2 is 1.69 bits per heavy atom. The molecule has 3 aromatic rings. The Bertz CT molecular complexity index is 1420. The molecule has 1 aromatic heterocycles. The van der Waals surface area contributed by atoms with Crippen LogP contribution in [-0.4, -0.2) is 78.2 Å². The van der Waals surface area contributed by atoms with Crippen LogP contribution in [0, 0.1) is 5.92 Å². The van der Waals surface area contributed by atoms with Gasteiger partial charge in [0.1, 0.15) is 24.7 Å². The van der Waals surface area contributed by atoms with E-state index in [0.717, 1.165) is 23.6 Å². The van der Waals surface area contributed by atoms with E-state index in [2.05, 4.69) is 34.1 Å². The van der Waals surface area contributed by atoms with Gasteiger partial charge in [-0.3, -0.25) is 19.5 Å². The standard InChI is InChI=1S/C33H37N3O6/c1-40-31-16-25(8-9-30(31)42-21-22-2-4-23(5-3-22)24-6-7-24)27-19-36(20-27)32(37)29-17-28(10-12-34-29)41-15-14-35-13-11-26(18-35)33(38)39/h2-5,8-10,12,16-17,24,26-27H,6-7,11,13-15,18-21H2,1H3,(H,38,39). The number of carbonyl (C=O) groups excluding carboxylic acids is 1. The number of pyridine rings is 1. The molecule has 2 saturated heterocycles. The van der Waals surface area contributed by atoms with Crippen LogP contribution in [-0.2, 0) is 11.4 Å². The predicted molar refractivity (Wildman–Crippen MR) is 156 cm³/mol. The Labute approximate surface area is 246 Å². The van der Waals surface area contributed by atoms with Crippen LogP contribution < -0.4 is 14.2 Å². The van der Waals surface area contributed by atoms with Crippen molar-refractivity contribution >= 4 is 11.9 Å². The summed E-state index contributed by atoms with van der Waals surface area (Å²) >= 11 is 0. The van der Waals surface area contributed by atoms with Crippen LogP contribution in [0.5, 0.6) is 17.2 Å². The van der Waals surface area contributed by atoms with Crippen molar-refractivity contribution in [2.24, 2.45) is 5.92 Å². The fraction of sp³-hybridized carbons (Fsp3) is 0.424. The van der Waals surface area contributed by atoms with Gasteiger partial charge in [0.05, 0.1) is 13.0 Å². The van der Waals surface area contributed by atoms with Crippen molar-refractivity contribution in [3.05, 3.63) is 83.2 Å². The lowest BCUT2D eigenvalue weighted by Gasteiger charge is -2.39. The second-order valence-corrected chi connectivity index (χ2v) is 11.5. The van der Waals surface area contributed by atoms with Gasteiger partial charge in [-0.2, -0.15) is 0 Å². The fourth-order valence-electron chi connectivity index (χ4n) is 5.69. The minimum Gasteiger partial charge on any atom is -0.493 e. The molecule has 2 aromatic carbocycles. The zero-order chi connectivity index (χ0) is 29.1. The van der Waals surface area contributed by atoms with Crippen LogP contribution in [0.15, 0.2) is 60.8 Å². The Balaban J connectivity index is 0.981. The van der Waals surface area contributed by atoms with Crippen LogP contribution in [0.2, 0.25) is 0 Å². The summed E-state index contributed by atoms with van der Waals surface area (Å²) in [5.74, 6) is 1.75. The van der Waals surface area contributed by atoms with E-state index in [4.69, 9.17) is 19.3 Å². The average Bonchev–Trinajstić information content (AvgIpc) is 3.73. The molecular weight excluding hydrogens is 534 g/mol. The van der Waals surface area contributed by atoms with E-state index in [1.807, 2.05) is 18.2 Å². The monoisotopic (exact) mass is 571 g/mol. The zero-order valence-electron chi connectivity index (χ0n) is 23.9. The number of amides is 1. The fourth-order valence-corrected chi connectivity index (χ4v) is 5.69. The minimum atomic E-state index is -0.741. The highest BCUT2D eigenvalue weighted by molar-refractivity contribution is 5.93. The normalized spacial score (nSPS) is 18.9. The topological polar surface area (TPSA) is 101 Å². The summed E-state index contributed by atoms with van der Waals surface area (Å²) < 4.78 is 17.6. The third kappa shape index (κ3) is 6.51. The first-order chi connectivity index (χ1) is 20.5. The molecule has 1 aliphatic carbocycles. The Morgan fingerprint density at radius 3 is 2.40 bits per heavy atom. The molecule has 9 heteroatoms. The molecular formula is C33H37N3O6. The summed E-state index contributed by atoms with van der Waals surface area (Å²) in [6.07, 6.45) is 4.84. The number of methoxy groups -OCH3 is 1. The lowest BCUT2D eigenvalue weighted by atomic mass is 9.91. The van der Waals surface area contributed by atoms with Gasteiger partial charge in [0.15, 0.2) is 11.5 Å². The van der Waals surface area contributed by atoms with Crippen molar-refractivity contribution in [1.82, 2.24) is 14.8 Å². The number of aliphatic carboxylic acids is 1. The van der Waals surface area contributed by atoms with Crippen molar-refractivity contribution in [3.8, 4) is 17.2 Å². The average molecular weight is 572 g/mol. The molecule has 1 N–H and O–H groups in total. The number of nitrogens with zero attached hydrogens (tertiary/aromatic N) is 3. The van der Waals surface area contributed by atoms with Gasteiger partial charge in [-0.15, -0.1) is 0 Å². The number of carboxylic acids is 1. The van der Waals surface area contributed by atoms with Crippen molar-refractivity contribution in [1.29, 1.82) is 0 Å². The molecule has 3 heterocycles. The van der Waals surface area contributed by atoms with Gasteiger partial charge in [-0.25, -0.2) is 0 Å². The molecule has 6 rings (SSSR count). The molecule has 3 fully saturated rings. The number of rotatable bonds is 12. The van der Waals surface area contributed by atoms with E-state index in [-0.39, 0.29) is 17.7 Å². The van der Waals surface area contributed by atoms with E-state index >= 15 is 0 Å². The number of hydrogen-bond acceptors (Lipinski definition) is 7. The largest absolute Gasteiger partial charge is 0.493 e. The Morgan fingerprint density at radius 1 is 0.905 bits per heavy atom. The molecule has 220 valence electrons. The van der Waals surface area contributed by atoms with Gasteiger partial charge in [0.2, 0.25) is 0 Å². The van der Waals surface area contributed by atoms with E-state index < -0.39 is 5.97 Å². The molecule has 2 aliphatic heterocycles. The molecule has 1 atom stereocenters. The first kappa shape index (κ1) is 28.0. The van der Waals surface area contributed by atoms with Gasteiger partial charge >= 0.3 is 5.97 Å². The maximum absolute atomic E-state index is 13.1. The summed E-state index contributed by atoms with van der Waals surface area (Å²) in [5, 5.41) is 9.17. The summed E-state index contributed by atoms with van der Waals surface area (Å²) in [4.78, 5) is 32.4. The highest BCUT2D eigenvalue weighted by Crippen LogP contribution is 2.40. The first-order valence-corrected chi connectivity index (χ1v) is 14.7. The van der Waals surface area contributed by atoms with Gasteiger partial charge in [-0.05, 0) is 66.6 Å². The minimum absolute atomic E-state index is 0.125. The number of hydrogen-bond donors (Lipinski definition) is 1. The summed E-state index contributed by atoms with van der Waals surface area (Å²) in [6, 6.07) is 18.1. The quantitative estimate of drug-likeness (QED) is 0.337. The van der Waals surface area contributed by atoms with E-state index in [1.165, 1.54) is 18.4 Å². The van der Waals surface area contributed by atoms with E-state index in [1.54, 1.807) is 30.3 Å². The lowest BCUT2D eigenvalue weighted by Crippen LogP contribution is -2.48. The zero-order valence-corrected chi connectivity index (χ0v) is 23.9. The highest BCUT2D eigenvalue weighted by atomic mass is 16.5. The second kappa shape index (κ2) is 12.4. The first-order valence-electron chi connectivity index (χ1n) is 14.7. The number of likely N-dealkylation sites (tertiary alicyclic amines) is 2. The molecule has 0 radical (unpaired) electrons. The van der Waals surface area contributed by atoms with Crippen LogP contribution >= 0.6 is 0 Å². The van der Waals surface area contributed by atoms with Gasteiger partial charge in [0, 0.05) is 44.4 Å². The summed E-state index contributed by atoms with van der Waals surface area (Å²) in [5.41, 5.74) is 4.00. The number of aromatic nitrogens is 1. The predicted octanol–water partition coefficient (Wildman–Crippen LogP) is 4.57. The van der Waals surface area contributed by atoms with Crippen LogP contribution in [0.4, 0.5) is 0 Å². The molecule has 9 nitrogen and oxygen atoms in total. The number of ether oxygens (including phenoxy) is 3. The third-order valence-electron chi connectivity index (χ3n) is 8.50. The van der Waals surface area contributed by atoms with Crippen molar-refractivity contribution in [2.45, 2.75) is 37.7 Å². The van der Waals surface area contributed by atoms with Crippen molar-refractivity contribution < 1.29 is 28.9 Å². The molecule has 0 bridgehead atoms. The maximum Gasteiger partial charge on any atom is 0.307 e. The number of benzene rings is 2. The third-order valence-corrected chi connectivity index (χ3v) is 8.50. The van der Waals surface area contributed by atoms with Gasteiger partial charge in [-0.1, -0.05) is 30.3 Å². The van der Waals surface area contributed by atoms with E-state index in [0.29, 0.717) is 68.8 Å². The smallest absolute Gasteiger partial charge is 0.307 e. The Kier molecular flexibility index (Phi) is 8.28. The van der Waals surface area contributed by atoms with Gasteiger partial charge in [0.25, 0.3) is 5.91 Å². The van der Waals surface area contributed by atoms with E-state index in [9.17, 15) is 9.59 Å². The molecule has 1 unspecified atom stereocenters.